The molecule has 5 heteroatoms. The number of pyridine rings is 1. The smallest absolute Gasteiger partial charge is 0.254 e. The average Bonchev–Trinajstić information content (AvgIpc) is 2.46. The van der Waals surface area contributed by atoms with E-state index in [1.807, 2.05) is 16.7 Å². The molecule has 1 saturated heterocycles. The lowest BCUT2D eigenvalue weighted by molar-refractivity contribution is 0.0760. The van der Waals surface area contributed by atoms with Crippen molar-refractivity contribution in [2.24, 2.45) is 5.73 Å². The topological polar surface area (TPSA) is 59.2 Å². The van der Waals surface area contributed by atoms with Crippen molar-refractivity contribution >= 4 is 17.7 Å². The summed E-state index contributed by atoms with van der Waals surface area (Å²) in [5.41, 5.74) is 7.01. The summed E-state index contributed by atoms with van der Waals surface area (Å²) in [7, 11) is 0. The van der Waals surface area contributed by atoms with E-state index < -0.39 is 0 Å². The van der Waals surface area contributed by atoms with Gasteiger partial charge in [0.05, 0.1) is 5.69 Å². The second-order valence-corrected chi connectivity index (χ2v) is 5.80. The van der Waals surface area contributed by atoms with Crippen LogP contribution in [0.5, 0.6) is 0 Å². The predicted molar refractivity (Wildman–Crippen MR) is 74.6 cm³/mol. The second kappa shape index (κ2) is 6.20. The Bertz CT molecular complexity index is 424. The van der Waals surface area contributed by atoms with Gasteiger partial charge >= 0.3 is 0 Å². The molecule has 0 radical (unpaired) electrons. The van der Waals surface area contributed by atoms with Crippen LogP contribution in [0.15, 0.2) is 18.3 Å². The Hall–Kier alpha value is -1.07. The van der Waals surface area contributed by atoms with Crippen molar-refractivity contribution in [3.63, 3.8) is 0 Å². The first-order valence-electron chi connectivity index (χ1n) is 6.30. The van der Waals surface area contributed by atoms with Crippen molar-refractivity contribution in [1.82, 2.24) is 9.88 Å². The Labute approximate surface area is 112 Å². The van der Waals surface area contributed by atoms with Gasteiger partial charge in [-0.25, -0.2) is 0 Å². The first-order valence-corrected chi connectivity index (χ1v) is 7.35. The highest BCUT2D eigenvalue weighted by Gasteiger charge is 2.23. The minimum Gasteiger partial charge on any atom is -0.337 e. The molecular weight excluding hydrogens is 246 g/mol. The SMILES string of the molecule is CCC1CN(C(=O)c2ccnc(CN)c2)CCS1. The Kier molecular flexibility index (Phi) is 4.60. The lowest BCUT2D eigenvalue weighted by atomic mass is 10.2. The van der Waals surface area contributed by atoms with Gasteiger partial charge in [0.15, 0.2) is 0 Å². The van der Waals surface area contributed by atoms with E-state index in [0.717, 1.165) is 31.0 Å². The van der Waals surface area contributed by atoms with E-state index >= 15 is 0 Å². The molecule has 1 unspecified atom stereocenters. The molecule has 1 atom stereocenters. The predicted octanol–water partition coefficient (Wildman–Crippen LogP) is 1.51. The van der Waals surface area contributed by atoms with Gasteiger partial charge in [-0.15, -0.1) is 0 Å². The van der Waals surface area contributed by atoms with Crippen LogP contribution in [-0.2, 0) is 6.54 Å². The summed E-state index contributed by atoms with van der Waals surface area (Å²) in [4.78, 5) is 18.4. The summed E-state index contributed by atoms with van der Waals surface area (Å²) >= 11 is 1.96. The van der Waals surface area contributed by atoms with E-state index in [4.69, 9.17) is 5.73 Å². The quantitative estimate of drug-likeness (QED) is 0.900. The Morgan fingerprint density at radius 3 is 3.22 bits per heavy atom. The van der Waals surface area contributed by atoms with Gasteiger partial charge in [0, 0.05) is 42.4 Å². The number of nitrogens with two attached hydrogens (primary N) is 1. The zero-order valence-corrected chi connectivity index (χ0v) is 11.4. The van der Waals surface area contributed by atoms with Gasteiger partial charge in [0.25, 0.3) is 5.91 Å². The Morgan fingerprint density at radius 2 is 2.50 bits per heavy atom. The lowest BCUT2D eigenvalue weighted by Gasteiger charge is -2.32. The fourth-order valence-electron chi connectivity index (χ4n) is 2.06. The molecule has 1 aromatic rings. The summed E-state index contributed by atoms with van der Waals surface area (Å²) in [5.74, 6) is 1.13. The first kappa shape index (κ1) is 13.4. The number of hydrogen-bond donors (Lipinski definition) is 1. The van der Waals surface area contributed by atoms with Crippen LogP contribution in [0.1, 0.15) is 29.4 Å². The fraction of sp³-hybridized carbons (Fsp3) is 0.538. The summed E-state index contributed by atoms with van der Waals surface area (Å²) in [6, 6.07) is 3.56. The van der Waals surface area contributed by atoms with Crippen LogP contribution in [-0.4, -0.2) is 39.9 Å². The zero-order valence-electron chi connectivity index (χ0n) is 10.6. The number of nitrogens with zero attached hydrogens (tertiary/aromatic N) is 2. The van der Waals surface area contributed by atoms with E-state index in [-0.39, 0.29) is 5.91 Å². The molecule has 1 aromatic heterocycles. The van der Waals surface area contributed by atoms with E-state index in [1.54, 1.807) is 18.3 Å². The number of amides is 1. The maximum Gasteiger partial charge on any atom is 0.254 e. The highest BCUT2D eigenvalue weighted by Crippen LogP contribution is 2.22. The van der Waals surface area contributed by atoms with Crippen molar-refractivity contribution in [2.45, 2.75) is 25.1 Å². The average molecular weight is 265 g/mol. The van der Waals surface area contributed by atoms with Gasteiger partial charge in [-0.3, -0.25) is 9.78 Å². The molecule has 1 aliphatic heterocycles. The molecule has 0 spiro atoms. The van der Waals surface area contributed by atoms with Crippen molar-refractivity contribution in [3.05, 3.63) is 29.6 Å². The maximum absolute atomic E-state index is 12.4. The molecule has 4 nitrogen and oxygen atoms in total. The fourth-order valence-corrected chi connectivity index (χ4v) is 3.24. The van der Waals surface area contributed by atoms with Crippen LogP contribution in [0.4, 0.5) is 0 Å². The monoisotopic (exact) mass is 265 g/mol. The first-order chi connectivity index (χ1) is 8.74. The Balaban J connectivity index is 2.10. The normalized spacial score (nSPS) is 19.9. The van der Waals surface area contributed by atoms with Gasteiger partial charge in [-0.05, 0) is 18.6 Å². The van der Waals surface area contributed by atoms with E-state index in [2.05, 4.69) is 11.9 Å². The van der Waals surface area contributed by atoms with Crippen LogP contribution < -0.4 is 5.73 Å². The number of aromatic nitrogens is 1. The molecule has 1 amide bonds. The second-order valence-electron chi connectivity index (χ2n) is 4.39. The molecule has 2 heterocycles. The molecular formula is C13H19N3OS. The van der Waals surface area contributed by atoms with Gasteiger partial charge in [-0.1, -0.05) is 6.92 Å². The molecule has 2 rings (SSSR count). The van der Waals surface area contributed by atoms with Gasteiger partial charge in [0.2, 0.25) is 0 Å². The van der Waals surface area contributed by atoms with Crippen molar-refractivity contribution in [3.8, 4) is 0 Å². The van der Waals surface area contributed by atoms with E-state index in [1.165, 1.54) is 0 Å². The molecule has 0 aliphatic carbocycles. The molecule has 0 saturated carbocycles. The maximum atomic E-state index is 12.4. The highest BCUT2D eigenvalue weighted by molar-refractivity contribution is 8.00. The summed E-state index contributed by atoms with van der Waals surface area (Å²) in [5, 5.41) is 0.568. The zero-order chi connectivity index (χ0) is 13.0. The van der Waals surface area contributed by atoms with Crippen LogP contribution in [0.25, 0.3) is 0 Å². The molecule has 0 aromatic carbocycles. The number of rotatable bonds is 3. The van der Waals surface area contributed by atoms with Crippen molar-refractivity contribution < 1.29 is 4.79 Å². The molecule has 1 fully saturated rings. The van der Waals surface area contributed by atoms with Gasteiger partial charge in [0.1, 0.15) is 0 Å². The van der Waals surface area contributed by atoms with Gasteiger partial charge < -0.3 is 10.6 Å². The third-order valence-electron chi connectivity index (χ3n) is 3.15. The number of carbonyl (C=O) groups excluding carboxylic acids is 1. The molecule has 0 bridgehead atoms. The summed E-state index contributed by atoms with van der Waals surface area (Å²) in [6.07, 6.45) is 2.77. The Morgan fingerprint density at radius 1 is 1.67 bits per heavy atom. The summed E-state index contributed by atoms with van der Waals surface area (Å²) < 4.78 is 0. The molecule has 98 valence electrons. The molecule has 2 N–H and O–H groups in total. The van der Waals surface area contributed by atoms with E-state index in [0.29, 0.717) is 17.4 Å². The van der Waals surface area contributed by atoms with Crippen LogP contribution >= 0.6 is 11.8 Å². The van der Waals surface area contributed by atoms with Crippen LogP contribution in [0.2, 0.25) is 0 Å². The third kappa shape index (κ3) is 3.03. The van der Waals surface area contributed by atoms with E-state index in [9.17, 15) is 4.79 Å². The summed E-state index contributed by atoms with van der Waals surface area (Å²) in [6.45, 7) is 4.22. The van der Waals surface area contributed by atoms with Crippen molar-refractivity contribution in [1.29, 1.82) is 0 Å². The lowest BCUT2D eigenvalue weighted by Crippen LogP contribution is -2.41. The standard InChI is InChI=1S/C13H19N3OS/c1-2-12-9-16(5-6-18-12)13(17)10-3-4-15-11(7-10)8-14/h3-4,7,12H,2,5-6,8-9,14H2,1H3. The van der Waals surface area contributed by atoms with Crippen molar-refractivity contribution in [2.75, 3.05) is 18.8 Å². The number of hydrogen-bond acceptors (Lipinski definition) is 4. The van der Waals surface area contributed by atoms with Crippen LogP contribution in [0, 0.1) is 0 Å². The number of carbonyl (C=O) groups is 1. The highest BCUT2D eigenvalue weighted by atomic mass is 32.2. The van der Waals surface area contributed by atoms with Gasteiger partial charge in [-0.2, -0.15) is 11.8 Å². The molecule has 18 heavy (non-hydrogen) atoms. The number of thioether (sulfide) groups is 1. The van der Waals surface area contributed by atoms with Crippen LogP contribution in [0.3, 0.4) is 0 Å². The third-order valence-corrected chi connectivity index (χ3v) is 4.53. The minimum absolute atomic E-state index is 0.103. The minimum atomic E-state index is 0.103. The molecule has 1 aliphatic rings. The largest absolute Gasteiger partial charge is 0.337 e.